The van der Waals surface area contributed by atoms with Crippen LogP contribution in [0.4, 0.5) is 0 Å². The topological polar surface area (TPSA) is 26.3 Å². The number of allylic oxidation sites excluding steroid dienone is 6. The number of unbranched alkanes of at least 4 members (excludes halogenated alkanes) is 6. The number of hydrogen-bond donors (Lipinski definition) is 0. The molecule has 0 heterocycles. The molecule has 0 aliphatic heterocycles. The lowest BCUT2D eigenvalue weighted by molar-refractivity contribution is -0.140. The molecule has 26 heavy (non-hydrogen) atoms. The van der Waals surface area contributed by atoms with Crippen LogP contribution in [0.3, 0.4) is 0 Å². The Bertz CT molecular complexity index is 429. The minimum Gasteiger partial charge on any atom is -0.469 e. The molecule has 1 saturated carbocycles. The van der Waals surface area contributed by atoms with Gasteiger partial charge in [-0.15, -0.1) is 0 Å². The van der Waals surface area contributed by atoms with E-state index in [1.165, 1.54) is 64.9 Å². The smallest absolute Gasteiger partial charge is 0.305 e. The highest BCUT2D eigenvalue weighted by atomic mass is 16.5. The summed E-state index contributed by atoms with van der Waals surface area (Å²) in [5, 5.41) is 0. The Morgan fingerprint density at radius 1 is 0.923 bits per heavy atom. The van der Waals surface area contributed by atoms with Gasteiger partial charge in [0, 0.05) is 6.42 Å². The van der Waals surface area contributed by atoms with Gasteiger partial charge in [0.1, 0.15) is 0 Å². The molecular formula is C24H40O2. The monoisotopic (exact) mass is 360 g/mol. The van der Waals surface area contributed by atoms with Gasteiger partial charge in [0.15, 0.2) is 0 Å². The van der Waals surface area contributed by atoms with Crippen molar-refractivity contribution in [3.8, 4) is 0 Å². The molecule has 0 aromatic heterocycles. The molecule has 0 spiro atoms. The second-order valence-corrected chi connectivity index (χ2v) is 7.50. The van der Waals surface area contributed by atoms with Crippen molar-refractivity contribution in [3.05, 3.63) is 36.5 Å². The minimum absolute atomic E-state index is 0.107. The normalized spacial score (nSPS) is 16.1. The molecule has 1 unspecified atom stereocenters. The summed E-state index contributed by atoms with van der Waals surface area (Å²) in [5.41, 5.74) is 0. The molecule has 0 bridgehead atoms. The van der Waals surface area contributed by atoms with E-state index in [-0.39, 0.29) is 5.97 Å². The summed E-state index contributed by atoms with van der Waals surface area (Å²) in [6.07, 6.45) is 29.4. The van der Waals surface area contributed by atoms with E-state index in [1.54, 1.807) is 0 Å². The van der Waals surface area contributed by atoms with Crippen LogP contribution >= 0.6 is 0 Å². The highest BCUT2D eigenvalue weighted by molar-refractivity contribution is 5.69. The van der Waals surface area contributed by atoms with Crippen LogP contribution in [0.25, 0.3) is 0 Å². The van der Waals surface area contributed by atoms with E-state index in [2.05, 4.69) is 48.1 Å². The zero-order chi connectivity index (χ0) is 18.9. The third-order valence-corrected chi connectivity index (χ3v) is 5.05. The van der Waals surface area contributed by atoms with Gasteiger partial charge in [0.05, 0.1) is 7.11 Å². The van der Waals surface area contributed by atoms with Crippen LogP contribution in [0.5, 0.6) is 0 Å². The first-order valence-corrected chi connectivity index (χ1v) is 10.8. The van der Waals surface area contributed by atoms with E-state index < -0.39 is 0 Å². The van der Waals surface area contributed by atoms with Crippen LogP contribution < -0.4 is 0 Å². The van der Waals surface area contributed by atoms with Gasteiger partial charge in [-0.25, -0.2) is 0 Å². The Morgan fingerprint density at radius 2 is 1.58 bits per heavy atom. The zero-order valence-corrected chi connectivity index (χ0v) is 17.1. The Morgan fingerprint density at radius 3 is 2.27 bits per heavy atom. The second kappa shape index (κ2) is 15.9. The van der Waals surface area contributed by atoms with Gasteiger partial charge in [-0.2, -0.15) is 0 Å². The summed E-state index contributed by atoms with van der Waals surface area (Å²) in [7, 11) is 1.45. The molecule has 1 aliphatic carbocycles. The van der Waals surface area contributed by atoms with Crippen LogP contribution in [0.15, 0.2) is 36.5 Å². The molecule has 0 radical (unpaired) electrons. The van der Waals surface area contributed by atoms with Crippen LogP contribution in [-0.2, 0) is 9.53 Å². The molecule has 0 aromatic carbocycles. The third kappa shape index (κ3) is 13.0. The third-order valence-electron chi connectivity index (χ3n) is 5.05. The fourth-order valence-corrected chi connectivity index (χ4v) is 3.16. The first-order valence-electron chi connectivity index (χ1n) is 10.8. The maximum atomic E-state index is 11.0. The Labute approximate surface area is 161 Å². The van der Waals surface area contributed by atoms with Crippen LogP contribution in [-0.4, -0.2) is 13.1 Å². The van der Waals surface area contributed by atoms with Gasteiger partial charge in [-0.05, 0) is 76.0 Å². The van der Waals surface area contributed by atoms with Crippen molar-refractivity contribution in [2.75, 3.05) is 7.11 Å². The van der Waals surface area contributed by atoms with Crippen molar-refractivity contribution in [3.63, 3.8) is 0 Å². The highest BCUT2D eigenvalue weighted by Gasteiger charge is 2.28. The molecule has 1 fully saturated rings. The number of carbonyl (C=O) groups is 1. The average molecular weight is 361 g/mol. The predicted molar refractivity (Wildman–Crippen MR) is 112 cm³/mol. The van der Waals surface area contributed by atoms with E-state index in [9.17, 15) is 4.79 Å². The summed E-state index contributed by atoms with van der Waals surface area (Å²) >= 11 is 0. The molecule has 0 aromatic rings. The Balaban J connectivity index is 2.06. The molecule has 1 aliphatic rings. The fourth-order valence-electron chi connectivity index (χ4n) is 3.16. The van der Waals surface area contributed by atoms with Crippen LogP contribution in [0, 0.1) is 11.8 Å². The van der Waals surface area contributed by atoms with E-state index in [0.717, 1.165) is 31.1 Å². The first-order chi connectivity index (χ1) is 12.8. The van der Waals surface area contributed by atoms with Crippen LogP contribution in [0.1, 0.15) is 90.4 Å². The molecule has 1 atom stereocenters. The van der Waals surface area contributed by atoms with E-state index in [0.29, 0.717) is 6.42 Å². The summed E-state index contributed by atoms with van der Waals surface area (Å²) in [4.78, 5) is 11.0. The van der Waals surface area contributed by atoms with Gasteiger partial charge in [0.25, 0.3) is 0 Å². The number of hydrogen-bond acceptors (Lipinski definition) is 2. The summed E-state index contributed by atoms with van der Waals surface area (Å²) in [6.45, 7) is 2.26. The molecule has 1 rings (SSSR count). The van der Waals surface area contributed by atoms with Gasteiger partial charge in [-0.1, -0.05) is 56.2 Å². The van der Waals surface area contributed by atoms with Gasteiger partial charge < -0.3 is 4.74 Å². The van der Waals surface area contributed by atoms with E-state index in [1.807, 2.05) is 0 Å². The molecule has 2 nitrogen and oxygen atoms in total. The maximum Gasteiger partial charge on any atom is 0.305 e. The van der Waals surface area contributed by atoms with Gasteiger partial charge in [0.2, 0.25) is 0 Å². The fraction of sp³-hybridized carbons (Fsp3) is 0.708. The second-order valence-electron chi connectivity index (χ2n) is 7.50. The van der Waals surface area contributed by atoms with Crippen molar-refractivity contribution < 1.29 is 9.53 Å². The molecular weight excluding hydrogens is 320 g/mol. The number of esters is 1. The van der Waals surface area contributed by atoms with Crippen molar-refractivity contribution in [2.45, 2.75) is 90.4 Å². The lowest BCUT2D eigenvalue weighted by Gasteiger charge is -2.08. The van der Waals surface area contributed by atoms with Gasteiger partial charge >= 0.3 is 5.97 Å². The largest absolute Gasteiger partial charge is 0.469 e. The van der Waals surface area contributed by atoms with E-state index in [4.69, 9.17) is 0 Å². The summed E-state index contributed by atoms with van der Waals surface area (Å²) in [5.74, 6) is 1.61. The summed E-state index contributed by atoms with van der Waals surface area (Å²) in [6, 6.07) is 0. The number of ether oxygens (including phenoxy) is 1. The number of methoxy groups -OCH3 is 1. The average Bonchev–Trinajstić information content (AvgIpc) is 3.49. The number of carbonyl (C=O) groups excluding carboxylic acids is 1. The van der Waals surface area contributed by atoms with Crippen molar-refractivity contribution >= 4 is 5.97 Å². The Kier molecular flexibility index (Phi) is 13.9. The lowest BCUT2D eigenvalue weighted by Crippen LogP contribution is -1.98. The molecule has 0 N–H and O–H groups in total. The lowest BCUT2D eigenvalue weighted by atomic mass is 9.98. The molecule has 0 amide bonds. The molecule has 0 saturated heterocycles. The number of rotatable bonds is 16. The zero-order valence-electron chi connectivity index (χ0n) is 17.1. The van der Waals surface area contributed by atoms with E-state index >= 15 is 0 Å². The first kappa shape index (κ1) is 22.7. The highest BCUT2D eigenvalue weighted by Crippen LogP contribution is 2.39. The molecule has 148 valence electrons. The quantitative estimate of drug-likeness (QED) is 0.166. The van der Waals surface area contributed by atoms with Crippen molar-refractivity contribution in [2.24, 2.45) is 11.8 Å². The van der Waals surface area contributed by atoms with Gasteiger partial charge in [-0.3, -0.25) is 4.79 Å². The maximum absolute atomic E-state index is 11.0. The SMILES string of the molecule is CCCCC/C=C\CC(/C=C/CCC/C=C\CCCC(=O)OC)C1CC1. The van der Waals surface area contributed by atoms with Crippen molar-refractivity contribution in [1.29, 1.82) is 0 Å². The standard InChI is InChI=1S/C24H40O2/c1-3-4-5-6-11-14-17-22(23-20-21-23)18-15-12-9-7-8-10-13-16-19-24(25)26-2/h8,10-11,14-15,18,22-23H,3-7,9,12-13,16-17,19-21H2,1-2H3/b10-8-,14-11-,18-15+. The summed E-state index contributed by atoms with van der Waals surface area (Å²) < 4.78 is 4.63. The van der Waals surface area contributed by atoms with Crippen LogP contribution in [0.2, 0.25) is 0 Å². The predicted octanol–water partition coefficient (Wildman–Crippen LogP) is 7.17. The minimum atomic E-state index is -0.107. The molecule has 2 heteroatoms. The Hall–Kier alpha value is -1.31. The van der Waals surface area contributed by atoms with Crippen molar-refractivity contribution in [1.82, 2.24) is 0 Å².